The molecule has 27 heavy (non-hydrogen) atoms. The van der Waals surface area contributed by atoms with Crippen LogP contribution in [-0.4, -0.2) is 42.8 Å². The van der Waals surface area contributed by atoms with Crippen molar-refractivity contribution >= 4 is 22.8 Å². The predicted molar refractivity (Wildman–Crippen MR) is 109 cm³/mol. The van der Waals surface area contributed by atoms with E-state index in [2.05, 4.69) is 38.1 Å². The average Bonchev–Trinajstić information content (AvgIpc) is 2.62. The van der Waals surface area contributed by atoms with E-state index in [1.807, 2.05) is 45.2 Å². The van der Waals surface area contributed by atoms with Gasteiger partial charge in [-0.25, -0.2) is 4.79 Å². The molecule has 3 N–H and O–H groups in total. The number of rotatable bonds is 6. The Morgan fingerprint density at radius 3 is 2.59 bits per heavy atom. The molecule has 146 valence electrons. The van der Waals surface area contributed by atoms with Crippen LogP contribution < -0.4 is 16.0 Å². The number of hydrogen-bond acceptors (Lipinski definition) is 4. The van der Waals surface area contributed by atoms with Crippen molar-refractivity contribution in [3.8, 4) is 0 Å². The molecule has 0 fully saturated rings. The van der Waals surface area contributed by atoms with Crippen molar-refractivity contribution in [2.75, 3.05) is 20.1 Å². The van der Waals surface area contributed by atoms with E-state index in [9.17, 15) is 4.79 Å². The van der Waals surface area contributed by atoms with Gasteiger partial charge in [-0.1, -0.05) is 24.3 Å². The summed E-state index contributed by atoms with van der Waals surface area (Å²) in [6, 6.07) is 10.2. The van der Waals surface area contributed by atoms with Crippen LogP contribution in [0.1, 0.15) is 32.9 Å². The van der Waals surface area contributed by atoms with E-state index in [0.717, 1.165) is 17.5 Å². The second-order valence-electron chi connectivity index (χ2n) is 7.11. The van der Waals surface area contributed by atoms with Gasteiger partial charge < -0.3 is 20.7 Å². The van der Waals surface area contributed by atoms with Crippen molar-refractivity contribution in [1.82, 2.24) is 20.9 Å². The second kappa shape index (κ2) is 9.75. The highest BCUT2D eigenvalue weighted by atomic mass is 16.6. The predicted octanol–water partition coefficient (Wildman–Crippen LogP) is 2.81. The van der Waals surface area contributed by atoms with Crippen molar-refractivity contribution in [1.29, 1.82) is 0 Å². The Morgan fingerprint density at radius 1 is 1.11 bits per heavy atom. The molecule has 0 radical (unpaired) electrons. The Bertz CT molecular complexity index is 778. The van der Waals surface area contributed by atoms with Gasteiger partial charge in [0, 0.05) is 31.7 Å². The Labute approximate surface area is 160 Å². The van der Waals surface area contributed by atoms with Crippen LogP contribution in [0, 0.1) is 0 Å². The summed E-state index contributed by atoms with van der Waals surface area (Å²) in [5.74, 6) is 0.696. The highest BCUT2D eigenvalue weighted by Crippen LogP contribution is 2.15. The lowest BCUT2D eigenvalue weighted by molar-refractivity contribution is 0.0527. The Hall–Kier alpha value is -2.83. The molecule has 1 amide bonds. The summed E-state index contributed by atoms with van der Waals surface area (Å²) < 4.78 is 5.20. The van der Waals surface area contributed by atoms with Crippen LogP contribution in [0.4, 0.5) is 4.79 Å². The molecule has 0 aliphatic rings. The number of carbonyl (C=O) groups is 1. The van der Waals surface area contributed by atoms with Crippen molar-refractivity contribution < 1.29 is 9.53 Å². The highest BCUT2D eigenvalue weighted by Gasteiger charge is 2.15. The number of alkyl carbamates (subject to hydrolysis) is 1. The second-order valence-corrected chi connectivity index (χ2v) is 7.11. The summed E-state index contributed by atoms with van der Waals surface area (Å²) in [7, 11) is 1.73. The van der Waals surface area contributed by atoms with Crippen molar-refractivity contribution in [3.63, 3.8) is 0 Å². The van der Waals surface area contributed by atoms with Crippen LogP contribution in [0.5, 0.6) is 0 Å². The van der Waals surface area contributed by atoms with E-state index in [4.69, 9.17) is 4.74 Å². The van der Waals surface area contributed by atoms with Crippen molar-refractivity contribution in [2.24, 2.45) is 4.99 Å². The fraction of sp³-hybridized carbons (Fsp3) is 0.450. The lowest BCUT2D eigenvalue weighted by atomic mass is 10.1. The standard InChI is InChI=1S/C20H29N5O2/c1-20(2,3)27-19(26)24-12-7-11-23-18(21-4)25-14-17-16-9-6-5-8-15(16)10-13-22-17/h5-6,8-10,13H,7,11-12,14H2,1-4H3,(H,24,26)(H2,21,23,25). The van der Waals surface area contributed by atoms with Gasteiger partial charge in [-0.15, -0.1) is 0 Å². The Balaban J connectivity index is 1.72. The molecule has 2 aromatic rings. The van der Waals surface area contributed by atoms with Gasteiger partial charge in [-0.3, -0.25) is 9.98 Å². The molecule has 1 aromatic carbocycles. The minimum Gasteiger partial charge on any atom is -0.444 e. The number of nitrogens with zero attached hydrogens (tertiary/aromatic N) is 2. The zero-order valence-electron chi connectivity index (χ0n) is 16.5. The molecular formula is C20H29N5O2. The number of aromatic nitrogens is 1. The van der Waals surface area contributed by atoms with Gasteiger partial charge in [0.15, 0.2) is 5.96 Å². The maximum absolute atomic E-state index is 11.6. The first-order valence-electron chi connectivity index (χ1n) is 9.13. The Kier molecular flexibility index (Phi) is 7.40. The minimum absolute atomic E-state index is 0.396. The number of guanidine groups is 1. The smallest absolute Gasteiger partial charge is 0.407 e. The lowest BCUT2D eigenvalue weighted by Crippen LogP contribution is -2.39. The number of hydrogen-bond donors (Lipinski definition) is 3. The fourth-order valence-corrected chi connectivity index (χ4v) is 2.51. The van der Waals surface area contributed by atoms with E-state index in [1.54, 1.807) is 7.05 Å². The first-order valence-corrected chi connectivity index (χ1v) is 9.13. The van der Waals surface area contributed by atoms with Crippen LogP contribution >= 0.6 is 0 Å². The molecule has 7 nitrogen and oxygen atoms in total. The maximum Gasteiger partial charge on any atom is 0.407 e. The molecule has 7 heteroatoms. The molecule has 0 aliphatic heterocycles. The summed E-state index contributed by atoms with van der Waals surface area (Å²) >= 11 is 0. The topological polar surface area (TPSA) is 87.6 Å². The maximum atomic E-state index is 11.6. The molecule has 1 aromatic heterocycles. The minimum atomic E-state index is -0.482. The summed E-state index contributed by atoms with van der Waals surface area (Å²) in [5.41, 5.74) is 0.492. The van der Waals surface area contributed by atoms with Gasteiger partial charge in [0.25, 0.3) is 0 Å². The summed E-state index contributed by atoms with van der Waals surface area (Å²) in [4.78, 5) is 20.3. The zero-order valence-corrected chi connectivity index (χ0v) is 16.5. The van der Waals surface area contributed by atoms with E-state index >= 15 is 0 Å². The SMILES string of the molecule is CN=C(NCCCNC(=O)OC(C)(C)C)NCc1nccc2ccccc12. The number of nitrogens with one attached hydrogen (secondary N) is 3. The third-order valence-corrected chi connectivity index (χ3v) is 3.72. The van der Waals surface area contributed by atoms with Gasteiger partial charge in [-0.05, 0) is 38.6 Å². The largest absolute Gasteiger partial charge is 0.444 e. The zero-order chi connectivity index (χ0) is 19.7. The van der Waals surface area contributed by atoms with Gasteiger partial charge in [0.05, 0.1) is 12.2 Å². The van der Waals surface area contributed by atoms with Crippen LogP contribution in [0.3, 0.4) is 0 Å². The molecule has 1 heterocycles. The molecule has 2 rings (SSSR count). The highest BCUT2D eigenvalue weighted by molar-refractivity contribution is 5.85. The number of carbonyl (C=O) groups excluding carboxylic acids is 1. The molecule has 0 saturated carbocycles. The molecule has 0 bridgehead atoms. The van der Waals surface area contributed by atoms with Crippen molar-refractivity contribution in [3.05, 3.63) is 42.2 Å². The average molecular weight is 371 g/mol. The number of ether oxygens (including phenoxy) is 1. The quantitative estimate of drug-likeness (QED) is 0.413. The molecule has 0 saturated heterocycles. The van der Waals surface area contributed by atoms with Crippen LogP contribution in [0.15, 0.2) is 41.5 Å². The van der Waals surface area contributed by atoms with Crippen LogP contribution in [-0.2, 0) is 11.3 Å². The Morgan fingerprint density at radius 2 is 1.85 bits per heavy atom. The lowest BCUT2D eigenvalue weighted by Gasteiger charge is -2.19. The number of pyridine rings is 1. The summed E-state index contributed by atoms with van der Waals surface area (Å²) in [6.45, 7) is 7.32. The molecule has 0 spiro atoms. The molecule has 0 unspecified atom stereocenters. The third kappa shape index (κ3) is 7.13. The molecule has 0 aliphatic carbocycles. The van der Waals surface area contributed by atoms with Gasteiger partial charge in [0.1, 0.15) is 5.60 Å². The third-order valence-electron chi connectivity index (χ3n) is 3.72. The number of fused-ring (bicyclic) bond motifs is 1. The number of aliphatic imine (C=N–C) groups is 1. The van der Waals surface area contributed by atoms with E-state index < -0.39 is 11.7 Å². The van der Waals surface area contributed by atoms with E-state index in [1.165, 1.54) is 5.39 Å². The van der Waals surface area contributed by atoms with Crippen LogP contribution in [0.2, 0.25) is 0 Å². The first-order chi connectivity index (χ1) is 12.9. The normalized spacial score (nSPS) is 11.9. The monoisotopic (exact) mass is 371 g/mol. The van der Waals surface area contributed by atoms with Gasteiger partial charge in [0.2, 0.25) is 0 Å². The molecule has 0 atom stereocenters. The molecular weight excluding hydrogens is 342 g/mol. The summed E-state index contributed by atoms with van der Waals surface area (Å²) in [6.07, 6.45) is 2.18. The van der Waals surface area contributed by atoms with E-state index in [0.29, 0.717) is 25.6 Å². The van der Waals surface area contributed by atoms with Gasteiger partial charge in [-0.2, -0.15) is 0 Å². The first kappa shape index (κ1) is 20.5. The van der Waals surface area contributed by atoms with Gasteiger partial charge >= 0.3 is 6.09 Å². The number of benzene rings is 1. The van der Waals surface area contributed by atoms with Crippen molar-refractivity contribution in [2.45, 2.75) is 39.3 Å². The summed E-state index contributed by atoms with van der Waals surface area (Å²) in [5, 5.41) is 11.5. The number of amides is 1. The van der Waals surface area contributed by atoms with Crippen LogP contribution in [0.25, 0.3) is 10.8 Å². The fourth-order valence-electron chi connectivity index (χ4n) is 2.51. The van der Waals surface area contributed by atoms with E-state index in [-0.39, 0.29) is 0 Å².